The molecule has 2 atom stereocenters. The lowest BCUT2D eigenvalue weighted by atomic mass is 9.97. The molecule has 0 bridgehead atoms. The Balaban J connectivity index is 2.12. The summed E-state index contributed by atoms with van der Waals surface area (Å²) in [5, 5.41) is 7.53. The molecule has 1 heterocycles. The molecule has 0 aliphatic heterocycles. The Kier molecular flexibility index (Phi) is 5.31. The van der Waals surface area contributed by atoms with E-state index in [4.69, 9.17) is 0 Å². The van der Waals surface area contributed by atoms with Gasteiger partial charge in [0.1, 0.15) is 11.6 Å². The van der Waals surface area contributed by atoms with Gasteiger partial charge < -0.3 is 10.6 Å². The highest BCUT2D eigenvalue weighted by Crippen LogP contribution is 2.26. The van der Waals surface area contributed by atoms with Crippen LogP contribution in [0.2, 0.25) is 0 Å². The molecule has 1 saturated carbocycles. The molecule has 19 heavy (non-hydrogen) atoms. The smallest absolute Gasteiger partial charge is 0.191 e. The molecule has 0 radical (unpaired) electrons. The Bertz CT molecular complexity index is 388. The van der Waals surface area contributed by atoms with Crippen molar-refractivity contribution in [3.05, 3.63) is 6.07 Å². The summed E-state index contributed by atoms with van der Waals surface area (Å²) in [5.41, 5.74) is 0. The quantitative estimate of drug-likeness (QED) is 0.501. The van der Waals surface area contributed by atoms with E-state index in [9.17, 15) is 0 Å². The van der Waals surface area contributed by atoms with E-state index in [1.807, 2.05) is 19.4 Å². The van der Waals surface area contributed by atoms with Gasteiger partial charge in [0.25, 0.3) is 0 Å². The summed E-state index contributed by atoms with van der Waals surface area (Å²) in [5.74, 6) is 2.54. The van der Waals surface area contributed by atoms with Crippen LogP contribution >= 0.6 is 11.8 Å². The van der Waals surface area contributed by atoms with Gasteiger partial charge in [-0.25, -0.2) is 9.97 Å². The van der Waals surface area contributed by atoms with Crippen molar-refractivity contribution >= 4 is 23.4 Å². The number of rotatable bonds is 4. The van der Waals surface area contributed by atoms with E-state index in [0.717, 1.165) is 16.8 Å². The molecule has 0 saturated heterocycles. The molecule has 2 unspecified atom stereocenters. The van der Waals surface area contributed by atoms with Gasteiger partial charge in [0, 0.05) is 19.2 Å². The number of hydrogen-bond donors (Lipinski definition) is 2. The zero-order chi connectivity index (χ0) is 13.7. The maximum absolute atomic E-state index is 4.56. The van der Waals surface area contributed by atoms with Gasteiger partial charge in [-0.15, -0.1) is 0 Å². The van der Waals surface area contributed by atoms with Crippen LogP contribution < -0.4 is 10.6 Å². The number of anilines is 2. The summed E-state index contributed by atoms with van der Waals surface area (Å²) in [7, 11) is 1.89. The zero-order valence-electron chi connectivity index (χ0n) is 12.1. The van der Waals surface area contributed by atoms with Crippen molar-refractivity contribution < 1.29 is 0 Å². The van der Waals surface area contributed by atoms with E-state index in [1.54, 1.807) is 11.8 Å². The lowest BCUT2D eigenvalue weighted by Gasteiger charge is -2.23. The Morgan fingerprint density at radius 3 is 2.63 bits per heavy atom. The van der Waals surface area contributed by atoms with Crippen LogP contribution in [0.4, 0.5) is 11.6 Å². The molecule has 1 aromatic rings. The van der Waals surface area contributed by atoms with E-state index in [1.165, 1.54) is 32.1 Å². The fraction of sp³-hybridized carbons (Fsp3) is 0.714. The van der Waals surface area contributed by atoms with Crippen LogP contribution in [-0.2, 0) is 0 Å². The summed E-state index contributed by atoms with van der Waals surface area (Å²) in [6.07, 6.45) is 8.62. The first kappa shape index (κ1) is 14.4. The second kappa shape index (κ2) is 6.98. The summed E-state index contributed by atoms with van der Waals surface area (Å²) in [4.78, 5) is 8.96. The third-order valence-electron chi connectivity index (χ3n) is 3.84. The lowest BCUT2D eigenvalue weighted by Crippen LogP contribution is -2.26. The van der Waals surface area contributed by atoms with Crippen molar-refractivity contribution in [3.8, 4) is 0 Å². The molecule has 2 rings (SSSR count). The first-order valence-corrected chi connectivity index (χ1v) is 8.32. The molecular formula is C14H24N4S. The van der Waals surface area contributed by atoms with Crippen molar-refractivity contribution in [2.45, 2.75) is 50.2 Å². The topological polar surface area (TPSA) is 49.8 Å². The van der Waals surface area contributed by atoms with Crippen LogP contribution in [0.15, 0.2) is 11.2 Å². The van der Waals surface area contributed by atoms with Crippen LogP contribution in [0, 0.1) is 5.92 Å². The largest absolute Gasteiger partial charge is 0.373 e. The minimum absolute atomic E-state index is 0.539. The molecular weight excluding hydrogens is 256 g/mol. The van der Waals surface area contributed by atoms with Crippen LogP contribution in [0.25, 0.3) is 0 Å². The number of nitrogens with zero attached hydrogens (tertiary/aromatic N) is 2. The third kappa shape index (κ3) is 4.00. The second-order valence-corrected chi connectivity index (χ2v) is 6.01. The van der Waals surface area contributed by atoms with Crippen molar-refractivity contribution in [2.24, 2.45) is 5.92 Å². The van der Waals surface area contributed by atoms with Gasteiger partial charge in [0.15, 0.2) is 5.16 Å². The van der Waals surface area contributed by atoms with E-state index >= 15 is 0 Å². The molecule has 1 aromatic heterocycles. The third-order valence-corrected chi connectivity index (χ3v) is 4.39. The minimum atomic E-state index is 0.539. The number of thioether (sulfide) groups is 1. The monoisotopic (exact) mass is 280 g/mol. The Morgan fingerprint density at radius 2 is 1.89 bits per heavy atom. The highest BCUT2D eigenvalue weighted by molar-refractivity contribution is 7.98. The molecule has 0 amide bonds. The standard InChI is InChI=1S/C14H24N4S/c1-10-7-5-4-6-8-11(10)16-13-9-12(15-2)17-14(18-13)19-3/h9-11H,4-8H2,1-3H3,(H2,15,16,17,18). The van der Waals surface area contributed by atoms with Crippen molar-refractivity contribution in [3.63, 3.8) is 0 Å². The van der Waals surface area contributed by atoms with Gasteiger partial charge in [-0.3, -0.25) is 0 Å². The number of nitrogens with one attached hydrogen (secondary N) is 2. The van der Waals surface area contributed by atoms with Gasteiger partial charge >= 0.3 is 0 Å². The summed E-state index contributed by atoms with van der Waals surface area (Å²) >= 11 is 1.58. The zero-order valence-corrected chi connectivity index (χ0v) is 12.9. The predicted octanol–water partition coefficient (Wildman–Crippen LogP) is 3.62. The van der Waals surface area contributed by atoms with Crippen molar-refractivity contribution in [2.75, 3.05) is 23.9 Å². The molecule has 4 nitrogen and oxygen atoms in total. The Morgan fingerprint density at radius 1 is 1.16 bits per heavy atom. The molecule has 5 heteroatoms. The Hall–Kier alpha value is -0.970. The van der Waals surface area contributed by atoms with Gasteiger partial charge in [-0.05, 0) is 25.0 Å². The average Bonchev–Trinajstić information content (AvgIpc) is 2.63. The molecule has 0 aromatic carbocycles. The molecule has 2 N–H and O–H groups in total. The van der Waals surface area contributed by atoms with Gasteiger partial charge in [0.2, 0.25) is 0 Å². The van der Waals surface area contributed by atoms with Crippen LogP contribution in [0.1, 0.15) is 39.0 Å². The average molecular weight is 280 g/mol. The van der Waals surface area contributed by atoms with E-state index in [-0.39, 0.29) is 0 Å². The molecule has 0 spiro atoms. The highest BCUT2D eigenvalue weighted by atomic mass is 32.2. The molecule has 1 fully saturated rings. The molecule has 1 aliphatic rings. The molecule has 1 aliphatic carbocycles. The number of hydrogen-bond acceptors (Lipinski definition) is 5. The van der Waals surface area contributed by atoms with E-state index in [2.05, 4.69) is 27.5 Å². The fourth-order valence-corrected chi connectivity index (χ4v) is 3.00. The van der Waals surface area contributed by atoms with E-state index in [0.29, 0.717) is 12.0 Å². The van der Waals surface area contributed by atoms with Gasteiger partial charge in [-0.2, -0.15) is 0 Å². The molecule has 106 valence electrons. The first-order valence-electron chi connectivity index (χ1n) is 7.10. The van der Waals surface area contributed by atoms with Crippen molar-refractivity contribution in [1.82, 2.24) is 9.97 Å². The maximum atomic E-state index is 4.56. The maximum Gasteiger partial charge on any atom is 0.191 e. The lowest BCUT2D eigenvalue weighted by molar-refractivity contribution is 0.455. The van der Waals surface area contributed by atoms with Gasteiger partial charge in [-0.1, -0.05) is 37.9 Å². The second-order valence-electron chi connectivity index (χ2n) is 5.24. The van der Waals surface area contributed by atoms with Gasteiger partial charge in [0.05, 0.1) is 0 Å². The normalized spacial score (nSPS) is 23.7. The predicted molar refractivity (Wildman–Crippen MR) is 83.0 cm³/mol. The minimum Gasteiger partial charge on any atom is -0.373 e. The fourth-order valence-electron chi connectivity index (χ4n) is 2.62. The summed E-state index contributed by atoms with van der Waals surface area (Å²) in [6.45, 7) is 2.35. The van der Waals surface area contributed by atoms with E-state index < -0.39 is 0 Å². The van der Waals surface area contributed by atoms with Crippen LogP contribution in [0.5, 0.6) is 0 Å². The Labute approximate surface area is 120 Å². The summed E-state index contributed by atoms with van der Waals surface area (Å²) in [6, 6.07) is 2.54. The highest BCUT2D eigenvalue weighted by Gasteiger charge is 2.20. The number of aromatic nitrogens is 2. The SMILES string of the molecule is CNc1cc(NC2CCCCCC2C)nc(SC)n1. The first-order chi connectivity index (χ1) is 9.22. The van der Waals surface area contributed by atoms with Crippen LogP contribution in [0.3, 0.4) is 0 Å². The van der Waals surface area contributed by atoms with Crippen LogP contribution in [-0.4, -0.2) is 29.3 Å². The summed E-state index contributed by atoms with van der Waals surface area (Å²) < 4.78 is 0. The van der Waals surface area contributed by atoms with Crippen molar-refractivity contribution in [1.29, 1.82) is 0 Å².